The zero-order chi connectivity index (χ0) is 23.4. The minimum atomic E-state index is -0.116. The molecule has 1 aliphatic heterocycles. The number of rotatable bonds is 9. The van der Waals surface area contributed by atoms with E-state index in [1.807, 2.05) is 22.8 Å². The van der Waals surface area contributed by atoms with Crippen LogP contribution in [0.2, 0.25) is 0 Å². The summed E-state index contributed by atoms with van der Waals surface area (Å²) in [6.45, 7) is 2.05. The monoisotopic (exact) mass is 532 g/mol. The smallest absolute Gasteiger partial charge is 0.231 e. The van der Waals surface area contributed by atoms with Crippen molar-refractivity contribution in [2.24, 2.45) is 0 Å². The summed E-state index contributed by atoms with van der Waals surface area (Å²) in [5, 5.41) is 11.9. The summed E-state index contributed by atoms with van der Waals surface area (Å²) < 4.78 is 18.7. The molecule has 0 bridgehead atoms. The molecule has 0 radical (unpaired) electrons. The second kappa shape index (κ2) is 10.3. The molecule has 1 aromatic heterocycles. The number of ketones is 1. The first-order valence-corrected chi connectivity index (χ1v) is 11.8. The van der Waals surface area contributed by atoms with Crippen LogP contribution >= 0.6 is 27.7 Å². The van der Waals surface area contributed by atoms with Crippen molar-refractivity contribution in [1.29, 1.82) is 0 Å². The van der Waals surface area contributed by atoms with Crippen LogP contribution in [0.15, 0.2) is 46.0 Å². The molecule has 1 amide bonds. The molecule has 11 heteroatoms. The summed E-state index contributed by atoms with van der Waals surface area (Å²) in [6, 6.07) is 10.8. The molecule has 172 valence electrons. The minimum absolute atomic E-state index is 0.0524. The van der Waals surface area contributed by atoms with Gasteiger partial charge in [-0.2, -0.15) is 0 Å². The largest absolute Gasteiger partial charge is 0.496 e. The van der Waals surface area contributed by atoms with Crippen molar-refractivity contribution < 1.29 is 23.8 Å². The number of fused-ring (bicyclic) bond motifs is 1. The van der Waals surface area contributed by atoms with Gasteiger partial charge < -0.3 is 19.5 Å². The maximum Gasteiger partial charge on any atom is 0.231 e. The van der Waals surface area contributed by atoms with Crippen LogP contribution in [0.25, 0.3) is 5.69 Å². The first kappa shape index (κ1) is 23.1. The number of hydrogen-bond donors (Lipinski definition) is 1. The van der Waals surface area contributed by atoms with Crippen LogP contribution in [-0.4, -0.2) is 52.7 Å². The highest BCUT2D eigenvalue weighted by Crippen LogP contribution is 2.35. The topological polar surface area (TPSA) is 105 Å². The molecular weight excluding hydrogens is 512 g/mol. The Morgan fingerprint density at radius 1 is 1.18 bits per heavy atom. The summed E-state index contributed by atoms with van der Waals surface area (Å²) in [4.78, 5) is 24.1. The Hall–Kier alpha value is -3.05. The van der Waals surface area contributed by atoms with Crippen molar-refractivity contribution >= 4 is 39.4 Å². The fourth-order valence-electron chi connectivity index (χ4n) is 3.24. The van der Waals surface area contributed by atoms with E-state index in [0.717, 1.165) is 5.69 Å². The van der Waals surface area contributed by atoms with Gasteiger partial charge in [0.1, 0.15) is 11.6 Å². The molecule has 1 N–H and O–H groups in total. The molecule has 0 fully saturated rings. The van der Waals surface area contributed by atoms with Crippen molar-refractivity contribution in [1.82, 2.24) is 20.1 Å². The number of ether oxygens (including phenoxy) is 3. The normalized spacial score (nSPS) is 12.0. The van der Waals surface area contributed by atoms with E-state index in [0.29, 0.717) is 51.2 Å². The van der Waals surface area contributed by atoms with Crippen molar-refractivity contribution in [3.63, 3.8) is 0 Å². The van der Waals surface area contributed by atoms with Crippen LogP contribution in [-0.2, 0) is 11.2 Å². The highest BCUT2D eigenvalue weighted by molar-refractivity contribution is 9.10. The SMILES string of the molecule is COc1ccc(C(=O)CSc2nnc(CCNC(C)=O)n2-c2ccc3c(c2)OCO3)cc1Br. The number of carbonyl (C=O) groups is 2. The van der Waals surface area contributed by atoms with E-state index in [2.05, 4.69) is 31.4 Å². The van der Waals surface area contributed by atoms with Gasteiger partial charge in [-0.3, -0.25) is 14.2 Å². The molecule has 0 spiro atoms. The number of Topliss-reactive ketones (excluding diaryl/α,β-unsaturated/α-hetero) is 1. The molecular formula is C22H21BrN4O5S. The summed E-state index contributed by atoms with van der Waals surface area (Å²) in [5.41, 5.74) is 1.35. The van der Waals surface area contributed by atoms with E-state index < -0.39 is 0 Å². The second-order valence-corrected chi connectivity index (χ2v) is 8.86. The molecule has 0 saturated heterocycles. The van der Waals surface area contributed by atoms with Gasteiger partial charge in [-0.15, -0.1) is 10.2 Å². The lowest BCUT2D eigenvalue weighted by atomic mass is 10.1. The number of aromatic nitrogens is 3. The third-order valence-electron chi connectivity index (χ3n) is 4.84. The number of hydrogen-bond acceptors (Lipinski definition) is 8. The molecule has 0 atom stereocenters. The van der Waals surface area contributed by atoms with Crippen molar-refractivity contribution in [3.8, 4) is 22.9 Å². The van der Waals surface area contributed by atoms with Gasteiger partial charge in [0, 0.05) is 31.5 Å². The summed E-state index contributed by atoms with van der Waals surface area (Å²) in [6.07, 6.45) is 0.473. The van der Waals surface area contributed by atoms with Crippen LogP contribution in [0.1, 0.15) is 23.1 Å². The van der Waals surface area contributed by atoms with Crippen molar-refractivity contribution in [2.75, 3.05) is 26.2 Å². The molecule has 0 saturated carbocycles. The number of thioether (sulfide) groups is 1. The molecule has 9 nitrogen and oxygen atoms in total. The van der Waals surface area contributed by atoms with Gasteiger partial charge in [0.2, 0.25) is 12.7 Å². The van der Waals surface area contributed by atoms with Gasteiger partial charge in [-0.1, -0.05) is 11.8 Å². The van der Waals surface area contributed by atoms with Gasteiger partial charge in [-0.05, 0) is 46.3 Å². The predicted molar refractivity (Wildman–Crippen MR) is 126 cm³/mol. The maximum absolute atomic E-state index is 12.8. The average Bonchev–Trinajstić information content (AvgIpc) is 3.43. The first-order valence-electron chi connectivity index (χ1n) is 10.0. The number of amides is 1. The molecule has 0 aliphatic carbocycles. The molecule has 2 aromatic carbocycles. The second-order valence-electron chi connectivity index (χ2n) is 7.07. The molecule has 4 rings (SSSR count). The number of halogens is 1. The Labute approximate surface area is 202 Å². The number of benzene rings is 2. The highest BCUT2D eigenvalue weighted by atomic mass is 79.9. The van der Waals surface area contributed by atoms with E-state index in [1.54, 1.807) is 25.3 Å². The average molecular weight is 533 g/mol. The molecule has 1 aliphatic rings. The van der Waals surface area contributed by atoms with E-state index in [4.69, 9.17) is 14.2 Å². The fraction of sp³-hybridized carbons (Fsp3) is 0.273. The minimum Gasteiger partial charge on any atom is -0.496 e. The number of carbonyl (C=O) groups excluding carboxylic acids is 2. The van der Waals surface area contributed by atoms with Gasteiger partial charge in [0.05, 0.1) is 23.0 Å². The molecule has 0 unspecified atom stereocenters. The number of nitrogens with zero attached hydrogens (tertiary/aromatic N) is 3. The van der Waals surface area contributed by atoms with E-state index in [1.165, 1.54) is 18.7 Å². The van der Waals surface area contributed by atoms with Gasteiger partial charge in [-0.25, -0.2) is 0 Å². The third kappa shape index (κ3) is 5.31. The zero-order valence-electron chi connectivity index (χ0n) is 18.0. The molecule has 3 aromatic rings. The summed E-state index contributed by atoms with van der Waals surface area (Å²) in [7, 11) is 1.57. The Morgan fingerprint density at radius 2 is 2.00 bits per heavy atom. The number of methoxy groups -OCH3 is 1. The van der Waals surface area contributed by atoms with Crippen molar-refractivity contribution in [2.45, 2.75) is 18.5 Å². The summed E-state index contributed by atoms with van der Waals surface area (Å²) >= 11 is 4.70. The van der Waals surface area contributed by atoms with E-state index in [-0.39, 0.29) is 24.2 Å². The quantitative estimate of drug-likeness (QED) is 0.330. The summed E-state index contributed by atoms with van der Waals surface area (Å²) in [5.74, 6) is 2.62. The van der Waals surface area contributed by atoms with Crippen LogP contribution in [0.5, 0.6) is 17.2 Å². The van der Waals surface area contributed by atoms with Crippen LogP contribution in [0.3, 0.4) is 0 Å². The number of nitrogens with one attached hydrogen (secondary N) is 1. The Balaban J connectivity index is 1.57. The lowest BCUT2D eigenvalue weighted by molar-refractivity contribution is -0.118. The van der Waals surface area contributed by atoms with Crippen LogP contribution < -0.4 is 19.5 Å². The van der Waals surface area contributed by atoms with Crippen LogP contribution in [0.4, 0.5) is 0 Å². The zero-order valence-corrected chi connectivity index (χ0v) is 20.4. The fourth-order valence-corrected chi connectivity index (χ4v) is 4.65. The predicted octanol–water partition coefficient (Wildman–Crippen LogP) is 3.42. The molecule has 33 heavy (non-hydrogen) atoms. The van der Waals surface area contributed by atoms with Gasteiger partial charge in [0.25, 0.3) is 0 Å². The third-order valence-corrected chi connectivity index (χ3v) is 6.39. The van der Waals surface area contributed by atoms with Gasteiger partial charge >= 0.3 is 0 Å². The van der Waals surface area contributed by atoms with E-state index in [9.17, 15) is 9.59 Å². The maximum atomic E-state index is 12.8. The first-order chi connectivity index (χ1) is 16.0. The lowest BCUT2D eigenvalue weighted by Crippen LogP contribution is -2.23. The Kier molecular flexibility index (Phi) is 7.19. The Morgan fingerprint density at radius 3 is 2.76 bits per heavy atom. The van der Waals surface area contributed by atoms with Gasteiger partial charge in [0.15, 0.2) is 22.4 Å². The van der Waals surface area contributed by atoms with E-state index >= 15 is 0 Å². The highest BCUT2D eigenvalue weighted by Gasteiger charge is 2.20. The Bertz CT molecular complexity index is 1200. The van der Waals surface area contributed by atoms with Crippen LogP contribution in [0, 0.1) is 0 Å². The van der Waals surface area contributed by atoms with Crippen molar-refractivity contribution in [3.05, 3.63) is 52.3 Å². The standard InChI is InChI=1S/C22H21BrN4O5S/c1-13(28)24-8-7-21-25-26-22(27(21)15-4-6-19-20(10-15)32-12-31-19)33-11-17(29)14-3-5-18(30-2)16(23)9-14/h3-6,9-10H,7-8,11-12H2,1-2H3,(H,24,28). The molecule has 2 heterocycles. The lowest BCUT2D eigenvalue weighted by Gasteiger charge is -2.11.